The third-order valence-electron chi connectivity index (χ3n) is 1.43. The van der Waals surface area contributed by atoms with Crippen molar-refractivity contribution in [2.75, 3.05) is 5.32 Å². The number of hydrogen-bond donors (Lipinski definition) is 1. The van der Waals surface area contributed by atoms with E-state index in [0.29, 0.717) is 5.69 Å². The van der Waals surface area contributed by atoms with Gasteiger partial charge >= 0.3 is 0 Å². The smallest absolute Gasteiger partial charge is 0.288 e. The number of carbonyl (C=O) groups is 2. The van der Waals surface area contributed by atoms with E-state index in [4.69, 9.17) is 0 Å². The number of rotatable bonds is 2. The van der Waals surface area contributed by atoms with Crippen molar-refractivity contribution in [3.8, 4) is 0 Å². The maximum atomic E-state index is 10.6. The highest BCUT2D eigenvalue weighted by Gasteiger charge is 1.97. The summed E-state index contributed by atoms with van der Waals surface area (Å²) in [7, 11) is 0. The molecule has 0 aliphatic heterocycles. The van der Waals surface area contributed by atoms with E-state index in [9.17, 15) is 9.59 Å². The first kappa shape index (κ1) is 8.46. The molecule has 0 spiro atoms. The molecular weight excluding hydrogens is 154 g/mol. The van der Waals surface area contributed by atoms with E-state index in [-0.39, 0.29) is 6.29 Å². The first-order valence-electron chi connectivity index (χ1n) is 3.55. The first-order chi connectivity index (χ1) is 5.72. The molecule has 0 radical (unpaired) electrons. The van der Waals surface area contributed by atoms with Crippen molar-refractivity contribution in [3.05, 3.63) is 29.8 Å². The van der Waals surface area contributed by atoms with Crippen LogP contribution in [0.3, 0.4) is 0 Å². The molecule has 1 N–H and O–H groups in total. The Hall–Kier alpha value is -1.64. The van der Waals surface area contributed by atoms with Gasteiger partial charge in [-0.05, 0) is 19.1 Å². The Morgan fingerprint density at radius 2 is 1.92 bits per heavy atom. The number of aldehydes is 1. The molecule has 3 heteroatoms. The number of benzene rings is 1. The van der Waals surface area contributed by atoms with E-state index in [0.717, 1.165) is 5.56 Å². The molecule has 3 nitrogen and oxygen atoms in total. The molecule has 0 heterocycles. The Morgan fingerprint density at radius 1 is 1.33 bits per heavy atom. The molecule has 0 fully saturated rings. The number of amides is 1. The van der Waals surface area contributed by atoms with E-state index in [1.54, 1.807) is 12.1 Å². The summed E-state index contributed by atoms with van der Waals surface area (Å²) in [4.78, 5) is 20.6. The van der Waals surface area contributed by atoms with Crippen LogP contribution in [0, 0.1) is 6.92 Å². The molecule has 0 unspecified atom stereocenters. The molecule has 0 aliphatic carbocycles. The van der Waals surface area contributed by atoms with E-state index in [1.807, 2.05) is 19.1 Å². The molecular formula is C9H9NO2. The summed E-state index contributed by atoms with van der Waals surface area (Å²) in [6, 6.07) is 7.22. The Kier molecular flexibility index (Phi) is 2.58. The van der Waals surface area contributed by atoms with Crippen LogP contribution in [0.5, 0.6) is 0 Å². The molecule has 0 aromatic heterocycles. The van der Waals surface area contributed by atoms with E-state index in [1.165, 1.54) is 0 Å². The molecule has 1 rings (SSSR count). The average molecular weight is 163 g/mol. The van der Waals surface area contributed by atoms with Crippen molar-refractivity contribution in [2.45, 2.75) is 6.92 Å². The van der Waals surface area contributed by atoms with Crippen LogP contribution in [0.15, 0.2) is 24.3 Å². The summed E-state index contributed by atoms with van der Waals surface area (Å²) in [5.41, 5.74) is 1.75. The summed E-state index contributed by atoms with van der Waals surface area (Å²) in [6.45, 7) is 1.95. The van der Waals surface area contributed by atoms with Gasteiger partial charge in [0, 0.05) is 5.69 Å². The fourth-order valence-electron chi connectivity index (χ4n) is 0.809. The van der Waals surface area contributed by atoms with Crippen LogP contribution in [-0.4, -0.2) is 12.2 Å². The second-order valence-electron chi connectivity index (χ2n) is 2.47. The largest absolute Gasteiger partial charge is 0.320 e. The number of carbonyl (C=O) groups excluding carboxylic acids is 2. The van der Waals surface area contributed by atoms with Gasteiger partial charge in [-0.3, -0.25) is 9.59 Å². The highest BCUT2D eigenvalue weighted by Crippen LogP contribution is 2.07. The molecule has 1 aromatic carbocycles. The van der Waals surface area contributed by atoms with Crippen LogP contribution < -0.4 is 5.32 Å². The van der Waals surface area contributed by atoms with Gasteiger partial charge < -0.3 is 5.32 Å². The minimum atomic E-state index is -0.626. The van der Waals surface area contributed by atoms with Crippen LogP contribution >= 0.6 is 0 Å². The summed E-state index contributed by atoms with van der Waals surface area (Å²) in [5.74, 6) is -0.626. The fraction of sp³-hybridized carbons (Fsp3) is 0.111. The molecule has 0 saturated carbocycles. The van der Waals surface area contributed by atoms with Gasteiger partial charge in [-0.25, -0.2) is 0 Å². The van der Waals surface area contributed by atoms with Crippen molar-refractivity contribution < 1.29 is 9.59 Å². The molecule has 0 bridgehead atoms. The number of anilines is 1. The van der Waals surface area contributed by atoms with Crippen molar-refractivity contribution in [1.82, 2.24) is 0 Å². The van der Waals surface area contributed by atoms with Crippen molar-refractivity contribution in [1.29, 1.82) is 0 Å². The predicted octanol–water partition coefficient (Wildman–Crippen LogP) is 1.13. The van der Waals surface area contributed by atoms with Crippen molar-refractivity contribution in [2.24, 2.45) is 0 Å². The standard InChI is InChI=1S/C9H9NO2/c1-7-2-4-8(5-3-7)10-9(12)6-11/h2-6H,1H3,(H,10,12). The highest BCUT2D eigenvalue weighted by atomic mass is 16.2. The van der Waals surface area contributed by atoms with Crippen LogP contribution in [0.4, 0.5) is 5.69 Å². The second kappa shape index (κ2) is 3.67. The normalized spacial score (nSPS) is 9.08. The zero-order valence-electron chi connectivity index (χ0n) is 6.70. The predicted molar refractivity (Wildman–Crippen MR) is 45.9 cm³/mol. The average Bonchev–Trinajstić information content (AvgIpc) is 2.09. The van der Waals surface area contributed by atoms with Crippen LogP contribution in [0.2, 0.25) is 0 Å². The first-order valence-corrected chi connectivity index (χ1v) is 3.55. The Balaban J connectivity index is 2.71. The van der Waals surface area contributed by atoms with Gasteiger partial charge in [0.15, 0.2) is 0 Å². The van der Waals surface area contributed by atoms with Crippen LogP contribution in [-0.2, 0) is 9.59 Å². The number of aryl methyl sites for hydroxylation is 1. The lowest BCUT2D eigenvalue weighted by atomic mass is 10.2. The topological polar surface area (TPSA) is 46.2 Å². The van der Waals surface area contributed by atoms with Gasteiger partial charge in [-0.1, -0.05) is 17.7 Å². The second-order valence-corrected chi connectivity index (χ2v) is 2.47. The molecule has 0 aliphatic rings. The van der Waals surface area contributed by atoms with Gasteiger partial charge in [-0.15, -0.1) is 0 Å². The van der Waals surface area contributed by atoms with Gasteiger partial charge in [0.1, 0.15) is 0 Å². The number of hydrogen-bond acceptors (Lipinski definition) is 2. The van der Waals surface area contributed by atoms with Crippen molar-refractivity contribution in [3.63, 3.8) is 0 Å². The lowest BCUT2D eigenvalue weighted by Gasteiger charge is -1.99. The van der Waals surface area contributed by atoms with Gasteiger partial charge in [-0.2, -0.15) is 0 Å². The van der Waals surface area contributed by atoms with E-state index < -0.39 is 5.91 Å². The number of nitrogens with one attached hydrogen (secondary N) is 1. The zero-order valence-corrected chi connectivity index (χ0v) is 6.70. The quantitative estimate of drug-likeness (QED) is 0.524. The Morgan fingerprint density at radius 3 is 2.42 bits per heavy atom. The zero-order chi connectivity index (χ0) is 8.97. The van der Waals surface area contributed by atoms with Crippen LogP contribution in [0.1, 0.15) is 5.56 Å². The molecule has 12 heavy (non-hydrogen) atoms. The van der Waals surface area contributed by atoms with Gasteiger partial charge in [0.05, 0.1) is 0 Å². The summed E-state index contributed by atoms with van der Waals surface area (Å²) >= 11 is 0. The monoisotopic (exact) mass is 163 g/mol. The minimum absolute atomic E-state index is 0.250. The molecule has 62 valence electrons. The summed E-state index contributed by atoms with van der Waals surface area (Å²) in [5, 5.41) is 2.41. The molecule has 1 amide bonds. The van der Waals surface area contributed by atoms with Crippen LogP contribution in [0.25, 0.3) is 0 Å². The third kappa shape index (κ3) is 2.20. The fourth-order valence-corrected chi connectivity index (χ4v) is 0.809. The maximum absolute atomic E-state index is 10.6. The van der Waals surface area contributed by atoms with E-state index >= 15 is 0 Å². The van der Waals surface area contributed by atoms with E-state index in [2.05, 4.69) is 5.32 Å². The lowest BCUT2D eigenvalue weighted by molar-refractivity contribution is -0.127. The summed E-state index contributed by atoms with van der Waals surface area (Å²) in [6.07, 6.45) is 0.250. The minimum Gasteiger partial charge on any atom is -0.320 e. The Labute approximate surface area is 70.4 Å². The van der Waals surface area contributed by atoms with Crippen molar-refractivity contribution >= 4 is 17.9 Å². The molecule has 0 saturated heterocycles. The molecule has 0 atom stereocenters. The highest BCUT2D eigenvalue weighted by molar-refractivity contribution is 6.29. The maximum Gasteiger partial charge on any atom is 0.288 e. The van der Waals surface area contributed by atoms with Gasteiger partial charge in [0.25, 0.3) is 5.91 Å². The third-order valence-corrected chi connectivity index (χ3v) is 1.43. The van der Waals surface area contributed by atoms with Gasteiger partial charge in [0.2, 0.25) is 6.29 Å². The molecule has 1 aromatic rings. The lowest BCUT2D eigenvalue weighted by Crippen LogP contribution is -2.11. The Bertz CT molecular complexity index is 290. The summed E-state index contributed by atoms with van der Waals surface area (Å²) < 4.78 is 0. The SMILES string of the molecule is Cc1ccc(NC(=O)C=O)cc1.